The van der Waals surface area contributed by atoms with E-state index in [0.717, 1.165) is 36.2 Å². The molecule has 0 amide bonds. The molecule has 0 aliphatic heterocycles. The molecule has 178 valence electrons. The van der Waals surface area contributed by atoms with Gasteiger partial charge in [-0.05, 0) is 43.0 Å². The summed E-state index contributed by atoms with van der Waals surface area (Å²) in [7, 11) is -4.07. The molecule has 9 heteroatoms. The predicted molar refractivity (Wildman–Crippen MR) is 122 cm³/mol. The number of benzene rings is 1. The molecular formula is C24H29F2N3O3S. The maximum Gasteiger partial charge on any atom is 0.321 e. The fourth-order valence-electron chi connectivity index (χ4n) is 4.60. The summed E-state index contributed by atoms with van der Waals surface area (Å²) in [6, 6.07) is 6.52. The lowest BCUT2D eigenvalue weighted by Crippen LogP contribution is -2.22. The van der Waals surface area contributed by atoms with Gasteiger partial charge in [0.05, 0.1) is 20.8 Å². The van der Waals surface area contributed by atoms with Crippen LogP contribution in [0, 0.1) is 5.92 Å². The lowest BCUT2D eigenvalue weighted by Gasteiger charge is -2.26. The van der Waals surface area contributed by atoms with Gasteiger partial charge in [0.25, 0.3) is 5.56 Å². The molecule has 0 unspecified atom stereocenters. The zero-order valence-corrected chi connectivity index (χ0v) is 19.9. The van der Waals surface area contributed by atoms with Crippen LogP contribution >= 0.6 is 0 Å². The predicted octanol–water partition coefficient (Wildman–Crippen LogP) is 5.30. The molecule has 0 spiro atoms. The molecule has 1 saturated carbocycles. The maximum absolute atomic E-state index is 13.1. The number of hydrogen-bond donors (Lipinski definition) is 0. The van der Waals surface area contributed by atoms with Crippen LogP contribution in [0.4, 0.5) is 8.78 Å². The summed E-state index contributed by atoms with van der Waals surface area (Å²) >= 11 is 0. The topological polar surface area (TPSA) is 74.0 Å². The summed E-state index contributed by atoms with van der Waals surface area (Å²) in [6.45, 7) is 4.07. The van der Waals surface area contributed by atoms with Crippen LogP contribution in [0.5, 0.6) is 0 Å². The Bertz CT molecular complexity index is 1330. The third-order valence-corrected chi connectivity index (χ3v) is 8.06. The molecule has 1 aliphatic carbocycles. The minimum absolute atomic E-state index is 0.0213. The number of hydrogen-bond acceptors (Lipinski definition) is 4. The molecular weight excluding hydrogens is 448 g/mol. The first kappa shape index (κ1) is 23.6. The highest BCUT2D eigenvalue weighted by atomic mass is 32.2. The monoisotopic (exact) mass is 477 g/mol. The van der Waals surface area contributed by atoms with Gasteiger partial charge in [-0.3, -0.25) is 9.36 Å². The number of nitrogens with zero attached hydrogens (tertiary/aromatic N) is 3. The van der Waals surface area contributed by atoms with Crippen molar-refractivity contribution in [3.8, 4) is 0 Å². The zero-order valence-electron chi connectivity index (χ0n) is 19.1. The third-order valence-electron chi connectivity index (χ3n) is 6.31. The number of halogens is 2. The molecule has 4 rings (SSSR count). The molecule has 2 heterocycles. The van der Waals surface area contributed by atoms with Crippen LogP contribution in [-0.4, -0.2) is 22.5 Å². The van der Waals surface area contributed by atoms with Crippen molar-refractivity contribution in [1.29, 1.82) is 0 Å². The standard InChI is InChI=1S/C24H29F2N3O3S/c1-24(2,3)22-27-19-13-17(9-10-20(19)29(22)15-16-7-5-4-6-8-16)33(31,32)18-11-12-28(23(25)26)21(30)14-18/h9-14,16,23H,4-8,15H2,1-3H3. The van der Waals surface area contributed by atoms with E-state index in [0.29, 0.717) is 11.4 Å². The van der Waals surface area contributed by atoms with Gasteiger partial charge in [-0.25, -0.2) is 13.4 Å². The van der Waals surface area contributed by atoms with E-state index in [-0.39, 0.29) is 19.8 Å². The number of sulfone groups is 1. The smallest absolute Gasteiger partial charge is 0.321 e. The van der Waals surface area contributed by atoms with Gasteiger partial charge in [0.15, 0.2) is 0 Å². The van der Waals surface area contributed by atoms with Gasteiger partial charge in [-0.2, -0.15) is 8.78 Å². The normalized spacial score (nSPS) is 16.1. The van der Waals surface area contributed by atoms with Crippen molar-refractivity contribution in [2.75, 3.05) is 0 Å². The van der Waals surface area contributed by atoms with E-state index < -0.39 is 21.9 Å². The highest BCUT2D eigenvalue weighted by Gasteiger charge is 2.27. The molecule has 0 bridgehead atoms. The number of pyridine rings is 1. The summed E-state index contributed by atoms with van der Waals surface area (Å²) in [4.78, 5) is 16.4. The van der Waals surface area contributed by atoms with Crippen LogP contribution in [0.1, 0.15) is 65.2 Å². The quantitative estimate of drug-likeness (QED) is 0.500. The summed E-state index contributed by atoms with van der Waals surface area (Å²) in [5.41, 5.74) is 0.140. The van der Waals surface area contributed by atoms with E-state index in [1.807, 2.05) is 0 Å². The van der Waals surface area contributed by atoms with Crippen LogP contribution in [0.15, 0.2) is 51.1 Å². The van der Waals surface area contributed by atoms with Gasteiger partial charge in [0.1, 0.15) is 5.82 Å². The van der Waals surface area contributed by atoms with E-state index in [4.69, 9.17) is 4.98 Å². The second-order valence-corrected chi connectivity index (χ2v) is 11.8. The second-order valence-electron chi connectivity index (χ2n) is 9.84. The van der Waals surface area contributed by atoms with Crippen LogP contribution in [0.25, 0.3) is 11.0 Å². The average molecular weight is 478 g/mol. The van der Waals surface area contributed by atoms with E-state index in [1.165, 1.54) is 44.2 Å². The van der Waals surface area contributed by atoms with Gasteiger partial charge in [0.2, 0.25) is 9.84 Å². The van der Waals surface area contributed by atoms with Crippen molar-refractivity contribution in [3.63, 3.8) is 0 Å². The molecule has 0 atom stereocenters. The van der Waals surface area contributed by atoms with Gasteiger partial charge < -0.3 is 4.57 Å². The van der Waals surface area contributed by atoms with Gasteiger partial charge in [-0.15, -0.1) is 0 Å². The Morgan fingerprint density at radius 2 is 1.73 bits per heavy atom. The molecule has 0 radical (unpaired) electrons. The number of fused-ring (bicyclic) bond motifs is 1. The fraction of sp³-hybridized carbons (Fsp3) is 0.500. The van der Waals surface area contributed by atoms with Gasteiger partial charge in [-0.1, -0.05) is 40.0 Å². The van der Waals surface area contributed by atoms with Gasteiger partial charge in [0, 0.05) is 24.2 Å². The lowest BCUT2D eigenvalue weighted by molar-refractivity contribution is 0.0661. The SMILES string of the molecule is CC(C)(C)c1nc2cc(S(=O)(=O)c3ccn(C(F)F)c(=O)c3)ccc2n1CC1CCCCC1. The first-order chi connectivity index (χ1) is 15.5. The molecule has 0 N–H and O–H groups in total. The van der Waals surface area contributed by atoms with Gasteiger partial charge >= 0.3 is 6.55 Å². The fourth-order valence-corrected chi connectivity index (χ4v) is 5.88. The number of aromatic nitrogens is 3. The van der Waals surface area contributed by atoms with Crippen molar-refractivity contribution in [2.45, 2.75) is 81.2 Å². The minimum Gasteiger partial charge on any atom is -0.327 e. The van der Waals surface area contributed by atoms with Crippen molar-refractivity contribution in [2.24, 2.45) is 5.92 Å². The van der Waals surface area contributed by atoms with Crippen molar-refractivity contribution < 1.29 is 17.2 Å². The Kier molecular flexibility index (Phi) is 6.20. The highest BCUT2D eigenvalue weighted by Crippen LogP contribution is 2.33. The van der Waals surface area contributed by atoms with Crippen molar-refractivity contribution >= 4 is 20.9 Å². The van der Waals surface area contributed by atoms with E-state index in [1.54, 1.807) is 6.07 Å². The Hall–Kier alpha value is -2.55. The Labute approximate surface area is 192 Å². The number of rotatable bonds is 5. The molecule has 3 aromatic rings. The van der Waals surface area contributed by atoms with Crippen molar-refractivity contribution in [3.05, 3.63) is 52.7 Å². The highest BCUT2D eigenvalue weighted by molar-refractivity contribution is 7.91. The van der Waals surface area contributed by atoms with Crippen molar-refractivity contribution in [1.82, 2.24) is 14.1 Å². The summed E-state index contributed by atoms with van der Waals surface area (Å²) < 4.78 is 54.4. The molecule has 2 aromatic heterocycles. The Balaban J connectivity index is 1.78. The first-order valence-electron chi connectivity index (χ1n) is 11.2. The summed E-state index contributed by atoms with van der Waals surface area (Å²) in [5, 5.41) is 0. The summed E-state index contributed by atoms with van der Waals surface area (Å²) in [6.07, 6.45) is 6.90. The number of imidazole rings is 1. The molecule has 0 saturated heterocycles. The zero-order chi connectivity index (χ0) is 24.0. The lowest BCUT2D eigenvalue weighted by atomic mass is 9.88. The van der Waals surface area contributed by atoms with Crippen LogP contribution in [0.3, 0.4) is 0 Å². The third kappa shape index (κ3) is 4.60. The van der Waals surface area contributed by atoms with Crippen LogP contribution < -0.4 is 5.56 Å². The molecule has 6 nitrogen and oxygen atoms in total. The Morgan fingerprint density at radius 3 is 2.33 bits per heavy atom. The van der Waals surface area contributed by atoms with E-state index in [9.17, 15) is 22.0 Å². The van der Waals surface area contributed by atoms with E-state index in [2.05, 4.69) is 25.3 Å². The maximum atomic E-state index is 13.1. The second kappa shape index (κ2) is 8.66. The molecule has 33 heavy (non-hydrogen) atoms. The first-order valence-corrected chi connectivity index (χ1v) is 12.7. The van der Waals surface area contributed by atoms with Crippen LogP contribution in [-0.2, 0) is 21.8 Å². The van der Waals surface area contributed by atoms with E-state index >= 15 is 0 Å². The van der Waals surface area contributed by atoms with Crippen LogP contribution in [0.2, 0.25) is 0 Å². The molecule has 1 aromatic carbocycles. The Morgan fingerprint density at radius 1 is 1.06 bits per heavy atom. The largest absolute Gasteiger partial charge is 0.327 e. The number of alkyl halides is 2. The summed E-state index contributed by atoms with van der Waals surface area (Å²) in [5.74, 6) is 1.47. The average Bonchev–Trinajstić information content (AvgIpc) is 3.12. The molecule has 1 aliphatic rings. The minimum atomic E-state index is -4.07. The molecule has 1 fully saturated rings.